The highest BCUT2D eigenvalue weighted by molar-refractivity contribution is 5.94. The molecular formula is C26H27N3O. The van der Waals surface area contributed by atoms with Gasteiger partial charge >= 0.3 is 0 Å². The van der Waals surface area contributed by atoms with Crippen molar-refractivity contribution in [3.05, 3.63) is 102 Å². The Bertz CT molecular complexity index is 1120. The summed E-state index contributed by atoms with van der Waals surface area (Å²) in [4.78, 5) is 20.1. The fraction of sp³-hybridized carbons (Fsp3) is 0.231. The number of nitrogens with zero attached hydrogens (tertiary/aromatic N) is 3. The Morgan fingerprint density at radius 1 is 0.900 bits per heavy atom. The van der Waals surface area contributed by atoms with Crippen LogP contribution in [0.2, 0.25) is 0 Å². The van der Waals surface area contributed by atoms with Crippen molar-refractivity contribution >= 4 is 16.9 Å². The van der Waals surface area contributed by atoms with Crippen LogP contribution in [-0.2, 0) is 13.1 Å². The van der Waals surface area contributed by atoms with Gasteiger partial charge in [0, 0.05) is 18.7 Å². The van der Waals surface area contributed by atoms with Gasteiger partial charge in [-0.2, -0.15) is 0 Å². The van der Waals surface area contributed by atoms with Crippen molar-refractivity contribution in [2.24, 2.45) is 5.92 Å². The molecule has 152 valence electrons. The van der Waals surface area contributed by atoms with Gasteiger partial charge < -0.3 is 9.47 Å². The molecule has 0 saturated heterocycles. The molecule has 0 fully saturated rings. The standard InChI is InChI=1S/C26H27N3O/c1-20(2)17-28(26(30)22-13-7-4-8-14-22)19-25-27-23-15-9-10-16-24(23)29(25)18-21-11-5-3-6-12-21/h3-16,20H,17-19H2,1-2H3. The van der Waals surface area contributed by atoms with E-state index in [2.05, 4.69) is 48.7 Å². The number of amides is 1. The molecule has 0 N–H and O–H groups in total. The SMILES string of the molecule is CC(C)CN(Cc1nc2ccccc2n1Cc1ccccc1)C(=O)c1ccccc1. The van der Waals surface area contributed by atoms with Crippen molar-refractivity contribution in [3.8, 4) is 0 Å². The normalized spacial score (nSPS) is 11.2. The summed E-state index contributed by atoms with van der Waals surface area (Å²) in [5, 5.41) is 0. The zero-order valence-corrected chi connectivity index (χ0v) is 17.5. The maximum atomic E-state index is 13.3. The summed E-state index contributed by atoms with van der Waals surface area (Å²) in [6.07, 6.45) is 0. The number of carbonyl (C=O) groups is 1. The number of aromatic nitrogens is 2. The lowest BCUT2D eigenvalue weighted by Crippen LogP contribution is -2.34. The highest BCUT2D eigenvalue weighted by atomic mass is 16.2. The Balaban J connectivity index is 1.71. The maximum Gasteiger partial charge on any atom is 0.254 e. The van der Waals surface area contributed by atoms with E-state index < -0.39 is 0 Å². The van der Waals surface area contributed by atoms with Crippen LogP contribution in [0.25, 0.3) is 11.0 Å². The average Bonchev–Trinajstić information content (AvgIpc) is 3.11. The summed E-state index contributed by atoms with van der Waals surface area (Å²) in [5.74, 6) is 1.32. The molecule has 0 unspecified atom stereocenters. The highest BCUT2D eigenvalue weighted by Crippen LogP contribution is 2.20. The molecular weight excluding hydrogens is 370 g/mol. The van der Waals surface area contributed by atoms with Crippen molar-refractivity contribution in [1.82, 2.24) is 14.5 Å². The minimum absolute atomic E-state index is 0.0441. The van der Waals surface area contributed by atoms with Crippen molar-refractivity contribution < 1.29 is 4.79 Å². The lowest BCUT2D eigenvalue weighted by Gasteiger charge is -2.25. The van der Waals surface area contributed by atoms with Crippen LogP contribution >= 0.6 is 0 Å². The maximum absolute atomic E-state index is 13.3. The zero-order chi connectivity index (χ0) is 20.9. The molecule has 3 aromatic carbocycles. The quantitative estimate of drug-likeness (QED) is 0.420. The Labute approximate surface area is 177 Å². The minimum Gasteiger partial charge on any atom is -0.331 e. The number of imidazole rings is 1. The first-order valence-electron chi connectivity index (χ1n) is 10.4. The van der Waals surface area contributed by atoms with Gasteiger partial charge in [0.1, 0.15) is 5.82 Å². The zero-order valence-electron chi connectivity index (χ0n) is 17.5. The Kier molecular flexibility index (Phi) is 5.94. The topological polar surface area (TPSA) is 38.1 Å². The van der Waals surface area contributed by atoms with E-state index in [1.807, 2.05) is 59.5 Å². The second-order valence-electron chi connectivity index (χ2n) is 8.03. The molecule has 0 aliphatic rings. The highest BCUT2D eigenvalue weighted by Gasteiger charge is 2.21. The number of para-hydroxylation sites is 2. The van der Waals surface area contributed by atoms with E-state index in [-0.39, 0.29) is 5.91 Å². The van der Waals surface area contributed by atoms with Gasteiger partial charge in [-0.05, 0) is 35.7 Å². The monoisotopic (exact) mass is 397 g/mol. The lowest BCUT2D eigenvalue weighted by molar-refractivity contribution is 0.0716. The molecule has 30 heavy (non-hydrogen) atoms. The largest absolute Gasteiger partial charge is 0.331 e. The average molecular weight is 398 g/mol. The summed E-state index contributed by atoms with van der Waals surface area (Å²) in [5.41, 5.74) is 3.98. The molecule has 0 aliphatic carbocycles. The van der Waals surface area contributed by atoms with Crippen LogP contribution in [0.5, 0.6) is 0 Å². The van der Waals surface area contributed by atoms with Gasteiger partial charge in [0.15, 0.2) is 0 Å². The predicted octanol–water partition coefficient (Wildman–Crippen LogP) is 5.38. The van der Waals surface area contributed by atoms with E-state index in [1.54, 1.807) is 0 Å². The first-order valence-corrected chi connectivity index (χ1v) is 10.4. The van der Waals surface area contributed by atoms with Crippen LogP contribution in [0, 0.1) is 5.92 Å². The molecule has 4 rings (SSSR count). The number of fused-ring (bicyclic) bond motifs is 1. The van der Waals surface area contributed by atoms with E-state index in [9.17, 15) is 4.79 Å². The van der Waals surface area contributed by atoms with Gasteiger partial charge in [0.25, 0.3) is 5.91 Å². The summed E-state index contributed by atoms with van der Waals surface area (Å²) in [7, 11) is 0. The van der Waals surface area contributed by atoms with E-state index in [4.69, 9.17) is 4.98 Å². The fourth-order valence-electron chi connectivity index (χ4n) is 3.78. The number of hydrogen-bond acceptors (Lipinski definition) is 2. The number of benzene rings is 3. The third-order valence-electron chi connectivity index (χ3n) is 5.14. The molecule has 0 saturated carbocycles. The van der Waals surface area contributed by atoms with Crippen LogP contribution in [0.4, 0.5) is 0 Å². The molecule has 4 aromatic rings. The minimum atomic E-state index is 0.0441. The lowest BCUT2D eigenvalue weighted by atomic mass is 10.1. The molecule has 0 spiro atoms. The third-order valence-corrected chi connectivity index (χ3v) is 5.14. The van der Waals surface area contributed by atoms with Gasteiger partial charge in [-0.1, -0.05) is 74.5 Å². The third kappa shape index (κ3) is 4.43. The molecule has 0 atom stereocenters. The van der Waals surface area contributed by atoms with Gasteiger partial charge in [-0.15, -0.1) is 0 Å². The van der Waals surface area contributed by atoms with Crippen molar-refractivity contribution in [2.45, 2.75) is 26.9 Å². The van der Waals surface area contributed by atoms with Crippen LogP contribution < -0.4 is 0 Å². The van der Waals surface area contributed by atoms with Crippen LogP contribution in [0.15, 0.2) is 84.9 Å². The van der Waals surface area contributed by atoms with Gasteiger partial charge in [-0.3, -0.25) is 4.79 Å². The molecule has 1 heterocycles. The molecule has 0 aliphatic heterocycles. The van der Waals surface area contributed by atoms with Crippen LogP contribution in [0.3, 0.4) is 0 Å². The summed E-state index contributed by atoms with van der Waals surface area (Å²) >= 11 is 0. The first kappa shape index (κ1) is 19.9. The van der Waals surface area contributed by atoms with Crippen molar-refractivity contribution in [2.75, 3.05) is 6.54 Å². The second-order valence-corrected chi connectivity index (χ2v) is 8.03. The van der Waals surface area contributed by atoms with E-state index >= 15 is 0 Å². The van der Waals surface area contributed by atoms with Crippen LogP contribution in [-0.4, -0.2) is 26.9 Å². The summed E-state index contributed by atoms with van der Waals surface area (Å²) < 4.78 is 2.23. The molecule has 1 aromatic heterocycles. The van der Waals surface area contributed by atoms with Crippen molar-refractivity contribution in [1.29, 1.82) is 0 Å². The predicted molar refractivity (Wildman–Crippen MR) is 121 cm³/mol. The summed E-state index contributed by atoms with van der Waals surface area (Å²) in [6, 6.07) is 28.1. The smallest absolute Gasteiger partial charge is 0.254 e. The molecule has 4 heteroatoms. The Hall–Kier alpha value is -3.40. The van der Waals surface area contributed by atoms with E-state index in [1.165, 1.54) is 5.56 Å². The Morgan fingerprint density at radius 2 is 1.53 bits per heavy atom. The van der Waals surface area contributed by atoms with Gasteiger partial charge in [-0.25, -0.2) is 4.98 Å². The van der Waals surface area contributed by atoms with Gasteiger partial charge in [0.2, 0.25) is 0 Å². The molecule has 1 amide bonds. The number of hydrogen-bond donors (Lipinski definition) is 0. The molecule has 0 radical (unpaired) electrons. The summed E-state index contributed by atoms with van der Waals surface area (Å²) in [6.45, 7) is 6.16. The van der Waals surface area contributed by atoms with Crippen molar-refractivity contribution in [3.63, 3.8) is 0 Å². The van der Waals surface area contributed by atoms with E-state index in [0.717, 1.165) is 23.4 Å². The Morgan fingerprint density at radius 3 is 2.23 bits per heavy atom. The van der Waals surface area contributed by atoms with Crippen LogP contribution in [0.1, 0.15) is 35.6 Å². The van der Waals surface area contributed by atoms with E-state index in [0.29, 0.717) is 24.6 Å². The second kappa shape index (κ2) is 8.95. The van der Waals surface area contributed by atoms with Gasteiger partial charge in [0.05, 0.1) is 17.6 Å². The molecule has 0 bridgehead atoms. The molecule has 4 nitrogen and oxygen atoms in total. The first-order chi connectivity index (χ1) is 14.6. The fourth-order valence-corrected chi connectivity index (χ4v) is 3.78. The number of carbonyl (C=O) groups excluding carboxylic acids is 1. The number of rotatable bonds is 7.